The van der Waals surface area contributed by atoms with E-state index in [1.165, 1.54) is 5.56 Å². The lowest BCUT2D eigenvalue weighted by molar-refractivity contribution is 0.205. The van der Waals surface area contributed by atoms with Crippen LogP contribution in [0.5, 0.6) is 5.75 Å². The second-order valence-corrected chi connectivity index (χ2v) is 5.71. The topological polar surface area (TPSA) is 21.3 Å². The minimum Gasteiger partial charge on any atom is -0.491 e. The van der Waals surface area contributed by atoms with Crippen molar-refractivity contribution in [1.29, 1.82) is 0 Å². The first-order valence-corrected chi connectivity index (χ1v) is 6.35. The highest BCUT2D eigenvalue weighted by molar-refractivity contribution is 5.27. The van der Waals surface area contributed by atoms with Gasteiger partial charge in [0.1, 0.15) is 5.75 Å². The van der Waals surface area contributed by atoms with Crippen LogP contribution in [-0.4, -0.2) is 18.2 Å². The number of nitrogens with one attached hydrogen (secondary N) is 1. The molecular weight excluding hydrogens is 210 g/mol. The lowest BCUT2D eigenvalue weighted by Crippen LogP contribution is -2.37. The second-order valence-electron chi connectivity index (χ2n) is 5.71. The molecule has 0 saturated carbocycles. The van der Waals surface area contributed by atoms with Gasteiger partial charge in [-0.15, -0.1) is 0 Å². The summed E-state index contributed by atoms with van der Waals surface area (Å²) in [4.78, 5) is 0. The van der Waals surface area contributed by atoms with Gasteiger partial charge < -0.3 is 10.1 Å². The number of rotatable bonds is 5. The van der Waals surface area contributed by atoms with Gasteiger partial charge in [-0.05, 0) is 65.3 Å². The summed E-state index contributed by atoms with van der Waals surface area (Å²) in [6.45, 7) is 11.7. The van der Waals surface area contributed by atoms with Gasteiger partial charge in [0.25, 0.3) is 0 Å². The summed E-state index contributed by atoms with van der Waals surface area (Å²) in [7, 11) is 0. The third kappa shape index (κ3) is 6.32. The Kier molecular flexibility index (Phi) is 5.01. The predicted octanol–water partition coefficient (Wildman–Crippen LogP) is 3.54. The van der Waals surface area contributed by atoms with Crippen LogP contribution in [0.1, 0.15) is 39.7 Å². The molecule has 2 heteroatoms. The number of hydrogen-bond acceptors (Lipinski definition) is 2. The van der Waals surface area contributed by atoms with Crippen molar-refractivity contribution < 1.29 is 4.74 Å². The Morgan fingerprint density at radius 2 is 2.00 bits per heavy atom. The molecule has 0 aliphatic carbocycles. The van der Waals surface area contributed by atoms with Gasteiger partial charge in [0.15, 0.2) is 0 Å². The summed E-state index contributed by atoms with van der Waals surface area (Å²) < 4.78 is 5.87. The quantitative estimate of drug-likeness (QED) is 0.843. The summed E-state index contributed by atoms with van der Waals surface area (Å²) in [5, 5.41) is 3.47. The van der Waals surface area contributed by atoms with Gasteiger partial charge in [-0.25, -0.2) is 0 Å². The largest absolute Gasteiger partial charge is 0.491 e. The van der Waals surface area contributed by atoms with E-state index >= 15 is 0 Å². The van der Waals surface area contributed by atoms with E-state index < -0.39 is 0 Å². The molecule has 1 atom stereocenters. The molecule has 1 N–H and O–H groups in total. The Morgan fingerprint density at radius 3 is 2.59 bits per heavy atom. The summed E-state index contributed by atoms with van der Waals surface area (Å²) in [5.74, 6) is 0.966. The molecule has 0 fully saturated rings. The van der Waals surface area contributed by atoms with Crippen LogP contribution in [0.15, 0.2) is 24.3 Å². The molecule has 96 valence electrons. The molecule has 0 spiro atoms. The zero-order valence-electron chi connectivity index (χ0n) is 11.7. The van der Waals surface area contributed by atoms with Crippen molar-refractivity contribution in [1.82, 2.24) is 5.32 Å². The molecule has 1 aromatic carbocycles. The third-order valence-electron chi connectivity index (χ3n) is 2.53. The summed E-state index contributed by atoms with van der Waals surface area (Å²) >= 11 is 0. The Labute approximate surface area is 105 Å². The molecule has 0 radical (unpaired) electrons. The van der Waals surface area contributed by atoms with Gasteiger partial charge in [0.05, 0.1) is 6.10 Å². The highest BCUT2D eigenvalue weighted by atomic mass is 16.5. The molecule has 1 aromatic rings. The molecule has 0 heterocycles. The van der Waals surface area contributed by atoms with Crippen molar-refractivity contribution >= 4 is 0 Å². The van der Waals surface area contributed by atoms with E-state index in [1.807, 2.05) is 12.1 Å². The first-order chi connectivity index (χ1) is 7.87. The minimum absolute atomic E-state index is 0.184. The number of aryl methyl sites for hydroxylation is 1. The molecule has 1 unspecified atom stereocenters. The first kappa shape index (κ1) is 14.0. The van der Waals surface area contributed by atoms with Crippen LogP contribution in [-0.2, 0) is 0 Å². The van der Waals surface area contributed by atoms with E-state index in [1.54, 1.807) is 0 Å². The Balaban J connectivity index is 2.32. The van der Waals surface area contributed by atoms with Gasteiger partial charge >= 0.3 is 0 Å². The second kappa shape index (κ2) is 6.06. The van der Waals surface area contributed by atoms with Crippen LogP contribution in [0.4, 0.5) is 0 Å². The monoisotopic (exact) mass is 235 g/mol. The summed E-state index contributed by atoms with van der Waals surface area (Å²) in [5.41, 5.74) is 1.42. The van der Waals surface area contributed by atoms with Crippen LogP contribution in [0.3, 0.4) is 0 Å². The highest BCUT2D eigenvalue weighted by Crippen LogP contribution is 2.15. The van der Waals surface area contributed by atoms with Crippen LogP contribution in [0, 0.1) is 6.92 Å². The molecule has 0 aliphatic rings. The normalized spacial score (nSPS) is 13.5. The Bertz CT molecular complexity index is 341. The van der Waals surface area contributed by atoms with E-state index in [4.69, 9.17) is 4.74 Å². The van der Waals surface area contributed by atoms with Crippen molar-refractivity contribution in [2.45, 2.75) is 52.7 Å². The van der Waals surface area contributed by atoms with Gasteiger partial charge in [-0.2, -0.15) is 0 Å². The fourth-order valence-electron chi connectivity index (χ4n) is 1.63. The van der Waals surface area contributed by atoms with E-state index in [0.717, 1.165) is 18.7 Å². The fraction of sp³-hybridized carbons (Fsp3) is 0.600. The van der Waals surface area contributed by atoms with Crippen LogP contribution in [0.2, 0.25) is 0 Å². The van der Waals surface area contributed by atoms with Crippen molar-refractivity contribution in [2.75, 3.05) is 6.54 Å². The molecule has 1 rings (SSSR count). The van der Waals surface area contributed by atoms with Crippen molar-refractivity contribution in [3.63, 3.8) is 0 Å². The van der Waals surface area contributed by atoms with Crippen LogP contribution in [0.25, 0.3) is 0 Å². The number of hydrogen-bond donors (Lipinski definition) is 1. The van der Waals surface area contributed by atoms with Crippen molar-refractivity contribution in [3.05, 3.63) is 29.8 Å². The molecule has 2 nitrogen and oxygen atoms in total. The van der Waals surface area contributed by atoms with E-state index in [9.17, 15) is 0 Å². The van der Waals surface area contributed by atoms with E-state index in [-0.39, 0.29) is 11.6 Å². The highest BCUT2D eigenvalue weighted by Gasteiger charge is 2.10. The molecule has 0 aromatic heterocycles. The number of ether oxygens (including phenoxy) is 1. The standard InChI is InChI=1S/C15H25NO/c1-12-7-6-8-14(11-12)17-13(2)9-10-16-15(3,4)5/h6-8,11,13,16H,9-10H2,1-5H3. The van der Waals surface area contributed by atoms with Gasteiger partial charge in [0, 0.05) is 5.54 Å². The third-order valence-corrected chi connectivity index (χ3v) is 2.53. The van der Waals surface area contributed by atoms with Gasteiger partial charge in [0.2, 0.25) is 0 Å². The first-order valence-electron chi connectivity index (χ1n) is 6.35. The van der Waals surface area contributed by atoms with E-state index in [2.05, 4.69) is 52.1 Å². The molecule has 0 saturated heterocycles. The molecule has 0 aliphatic heterocycles. The van der Waals surface area contributed by atoms with Crippen molar-refractivity contribution in [2.24, 2.45) is 0 Å². The molecule has 0 bridgehead atoms. The van der Waals surface area contributed by atoms with E-state index in [0.29, 0.717) is 0 Å². The maximum Gasteiger partial charge on any atom is 0.119 e. The van der Waals surface area contributed by atoms with Gasteiger partial charge in [-0.1, -0.05) is 12.1 Å². The van der Waals surface area contributed by atoms with Crippen molar-refractivity contribution in [3.8, 4) is 5.75 Å². The smallest absolute Gasteiger partial charge is 0.119 e. The van der Waals surface area contributed by atoms with Gasteiger partial charge in [-0.3, -0.25) is 0 Å². The SMILES string of the molecule is Cc1cccc(OC(C)CCNC(C)(C)C)c1. The van der Waals surface area contributed by atoms with Crippen LogP contribution >= 0.6 is 0 Å². The summed E-state index contributed by atoms with van der Waals surface area (Å²) in [6, 6.07) is 8.21. The summed E-state index contributed by atoms with van der Waals surface area (Å²) in [6.07, 6.45) is 1.26. The zero-order valence-corrected chi connectivity index (χ0v) is 11.7. The molecular formula is C15H25NO. The van der Waals surface area contributed by atoms with Crippen LogP contribution < -0.4 is 10.1 Å². The Morgan fingerprint density at radius 1 is 1.29 bits per heavy atom. The average Bonchev–Trinajstić information content (AvgIpc) is 2.15. The predicted molar refractivity (Wildman–Crippen MR) is 73.6 cm³/mol. The lowest BCUT2D eigenvalue weighted by Gasteiger charge is -2.22. The fourth-order valence-corrected chi connectivity index (χ4v) is 1.63. The number of benzene rings is 1. The lowest BCUT2D eigenvalue weighted by atomic mass is 10.1. The minimum atomic E-state index is 0.184. The Hall–Kier alpha value is -1.02. The maximum atomic E-state index is 5.87. The maximum absolute atomic E-state index is 5.87. The average molecular weight is 235 g/mol. The molecule has 17 heavy (non-hydrogen) atoms. The molecule has 0 amide bonds. The zero-order chi connectivity index (χ0) is 12.9.